The molecule has 0 N–H and O–H groups in total. The largest absolute Gasteiger partial charge is 0.744 e. The van der Waals surface area contributed by atoms with Gasteiger partial charge in [-0.3, -0.25) is 0 Å². The molecule has 202 valence electrons. The fraction of sp³-hybridized carbons (Fsp3) is 0.300. The van der Waals surface area contributed by atoms with Gasteiger partial charge in [0.15, 0.2) is 7.14 Å². The quantitative estimate of drug-likeness (QED) is 0.172. The van der Waals surface area contributed by atoms with E-state index >= 15 is 0 Å². The molecule has 0 aliphatic rings. The molecule has 8 heteroatoms. The SMILES string of the molecule is Cc1cc(C)c(-[n+]2ccn(CP(=O)(c3ccccc3)C(C)(C)C)c2)c(C)c1.Cc1ccc(S(=O)(=O)[O-])cc1. The number of aromatic nitrogens is 2. The van der Waals surface area contributed by atoms with Crippen LogP contribution in [0.5, 0.6) is 0 Å². The first kappa shape index (κ1) is 29.6. The first-order valence-corrected chi connectivity index (χ1v) is 15.7. The lowest BCUT2D eigenvalue weighted by Crippen LogP contribution is -2.31. The van der Waals surface area contributed by atoms with Crippen LogP contribution in [0.2, 0.25) is 0 Å². The van der Waals surface area contributed by atoms with Crippen molar-refractivity contribution in [1.82, 2.24) is 4.57 Å². The summed E-state index contributed by atoms with van der Waals surface area (Å²) in [7, 11) is -6.91. The van der Waals surface area contributed by atoms with E-state index in [2.05, 4.69) is 75.3 Å². The topological polar surface area (TPSA) is 83.1 Å². The number of rotatable bonds is 5. The molecule has 1 aromatic heterocycles. The number of benzene rings is 3. The maximum absolute atomic E-state index is 14.1. The molecule has 0 spiro atoms. The lowest BCUT2D eigenvalue weighted by molar-refractivity contribution is -0.596. The molecule has 0 aliphatic heterocycles. The van der Waals surface area contributed by atoms with Crippen molar-refractivity contribution in [3.05, 3.63) is 108 Å². The molecule has 0 saturated carbocycles. The summed E-state index contributed by atoms with van der Waals surface area (Å²) in [5.74, 6) is 0. The van der Waals surface area contributed by atoms with Gasteiger partial charge in [-0.25, -0.2) is 17.6 Å². The summed E-state index contributed by atoms with van der Waals surface area (Å²) in [5, 5.41) is 0.638. The van der Waals surface area contributed by atoms with E-state index in [-0.39, 0.29) is 10.1 Å². The van der Waals surface area contributed by atoms with E-state index in [0.29, 0.717) is 6.29 Å². The van der Waals surface area contributed by atoms with E-state index in [9.17, 15) is 17.5 Å². The molecule has 1 atom stereocenters. The summed E-state index contributed by atoms with van der Waals surface area (Å²) in [5.41, 5.74) is 5.90. The molecule has 4 rings (SSSR count). The Hall–Kier alpha value is -2.99. The zero-order valence-electron chi connectivity index (χ0n) is 23.2. The highest BCUT2D eigenvalue weighted by molar-refractivity contribution is 7.85. The van der Waals surface area contributed by atoms with Crippen molar-refractivity contribution in [3.8, 4) is 5.69 Å². The van der Waals surface area contributed by atoms with Gasteiger partial charge in [-0.05, 0) is 51.0 Å². The fourth-order valence-corrected chi connectivity index (χ4v) is 7.59. The van der Waals surface area contributed by atoms with Gasteiger partial charge in [0.2, 0.25) is 6.33 Å². The zero-order valence-corrected chi connectivity index (χ0v) is 24.9. The normalized spacial score (nSPS) is 13.4. The summed E-state index contributed by atoms with van der Waals surface area (Å²) in [4.78, 5) is -0.178. The summed E-state index contributed by atoms with van der Waals surface area (Å²) in [6.45, 7) is 14.5. The van der Waals surface area contributed by atoms with E-state index in [1.165, 1.54) is 34.5 Å². The summed E-state index contributed by atoms with van der Waals surface area (Å²) >= 11 is 0. The third-order valence-electron chi connectivity index (χ3n) is 6.51. The van der Waals surface area contributed by atoms with E-state index in [4.69, 9.17) is 0 Å². The molecule has 0 bridgehead atoms. The second kappa shape index (κ2) is 11.4. The molecule has 0 saturated heterocycles. The van der Waals surface area contributed by atoms with Crippen molar-refractivity contribution in [2.45, 2.75) is 64.8 Å². The Morgan fingerprint density at radius 2 is 1.42 bits per heavy atom. The highest BCUT2D eigenvalue weighted by Gasteiger charge is 2.40. The van der Waals surface area contributed by atoms with Gasteiger partial charge in [-0.15, -0.1) is 0 Å². The van der Waals surface area contributed by atoms with E-state index in [1.54, 1.807) is 12.1 Å². The van der Waals surface area contributed by atoms with Gasteiger partial charge < -0.3 is 9.12 Å². The lowest BCUT2D eigenvalue weighted by atomic mass is 10.1. The highest BCUT2D eigenvalue weighted by atomic mass is 32.2. The van der Waals surface area contributed by atoms with Gasteiger partial charge in [0.1, 0.15) is 34.5 Å². The lowest BCUT2D eigenvalue weighted by Gasteiger charge is -2.30. The minimum Gasteiger partial charge on any atom is -0.744 e. The fourth-order valence-electron chi connectivity index (χ4n) is 4.47. The Bertz CT molecular complexity index is 1530. The third kappa shape index (κ3) is 6.90. The summed E-state index contributed by atoms with van der Waals surface area (Å²) in [6, 6.07) is 20.1. The molecule has 38 heavy (non-hydrogen) atoms. The van der Waals surface area contributed by atoms with Crippen molar-refractivity contribution in [1.29, 1.82) is 0 Å². The predicted molar refractivity (Wildman–Crippen MR) is 153 cm³/mol. The van der Waals surface area contributed by atoms with E-state index in [0.717, 1.165) is 10.9 Å². The molecule has 0 fully saturated rings. The van der Waals surface area contributed by atoms with Gasteiger partial charge in [0.05, 0.1) is 4.90 Å². The van der Waals surface area contributed by atoms with E-state index in [1.807, 2.05) is 43.5 Å². The maximum atomic E-state index is 14.1. The second-order valence-electron chi connectivity index (χ2n) is 10.7. The monoisotopic (exact) mass is 552 g/mol. The van der Waals surface area contributed by atoms with Crippen molar-refractivity contribution in [2.75, 3.05) is 0 Å². The van der Waals surface area contributed by atoms with Crippen LogP contribution in [-0.2, 0) is 21.0 Å². The highest BCUT2D eigenvalue weighted by Crippen LogP contribution is 2.57. The van der Waals surface area contributed by atoms with Crippen molar-refractivity contribution >= 4 is 22.6 Å². The summed E-state index contributed by atoms with van der Waals surface area (Å²) in [6.07, 6.45) is 6.65. The van der Waals surface area contributed by atoms with Gasteiger partial charge in [-0.1, -0.05) is 86.5 Å². The first-order chi connectivity index (χ1) is 17.6. The van der Waals surface area contributed by atoms with Crippen LogP contribution in [0.25, 0.3) is 5.69 Å². The van der Waals surface area contributed by atoms with Crippen LogP contribution in [-0.4, -0.2) is 22.7 Å². The van der Waals surface area contributed by atoms with Gasteiger partial charge in [0, 0.05) is 10.5 Å². The van der Waals surface area contributed by atoms with Gasteiger partial charge in [-0.2, -0.15) is 0 Å². The average Bonchev–Trinajstić information content (AvgIpc) is 3.26. The first-order valence-electron chi connectivity index (χ1n) is 12.4. The Balaban J connectivity index is 0.000000304. The molecular weight excluding hydrogens is 515 g/mol. The molecule has 3 aromatic carbocycles. The Kier molecular flexibility index (Phi) is 8.87. The summed E-state index contributed by atoms with van der Waals surface area (Å²) < 4.78 is 49.5. The number of nitrogens with zero attached hydrogens (tertiary/aromatic N) is 2. The minimum atomic E-state index is -4.27. The van der Waals surface area contributed by atoms with Crippen LogP contribution >= 0.6 is 7.14 Å². The smallest absolute Gasteiger partial charge is 0.249 e. The van der Waals surface area contributed by atoms with Gasteiger partial charge in [0.25, 0.3) is 0 Å². The molecule has 1 unspecified atom stereocenters. The minimum absolute atomic E-state index is 0.178. The zero-order chi connectivity index (χ0) is 28.3. The van der Waals surface area contributed by atoms with Gasteiger partial charge >= 0.3 is 0 Å². The molecule has 6 nitrogen and oxygen atoms in total. The number of hydrogen-bond donors (Lipinski definition) is 0. The number of imidazole rings is 1. The Morgan fingerprint density at radius 3 is 1.92 bits per heavy atom. The maximum Gasteiger partial charge on any atom is 0.249 e. The average molecular weight is 553 g/mol. The number of hydrogen-bond acceptors (Lipinski definition) is 4. The molecule has 0 aliphatic carbocycles. The Labute approximate surface area is 227 Å². The van der Waals surface area contributed by atoms with Crippen LogP contribution in [0.1, 0.15) is 43.0 Å². The predicted octanol–water partition coefficient (Wildman–Crippen LogP) is 6.03. The van der Waals surface area contributed by atoms with Crippen LogP contribution in [0, 0.1) is 27.7 Å². The second-order valence-corrected chi connectivity index (χ2v) is 15.7. The molecule has 4 aromatic rings. The standard InChI is InChI=1S/C23H30N2OP.C7H8O3S/c1-18-14-19(2)22(20(3)15-18)25-13-12-24(16-25)17-27(26,23(4,5)6)21-10-8-7-9-11-21;1-6-2-4-7(5-3-6)11(8,9)10/h7-16H,17H2,1-6H3;2-5H,1H3,(H,8,9,10)/q+1;/p-1. The molecular formula is C30H37N2O4PS. The van der Waals surface area contributed by atoms with E-state index < -0.39 is 17.3 Å². The molecule has 0 amide bonds. The van der Waals surface area contributed by atoms with Crippen LogP contribution in [0.3, 0.4) is 0 Å². The molecule has 1 heterocycles. The third-order valence-corrected chi connectivity index (χ3v) is 11.4. The van der Waals surface area contributed by atoms with Crippen LogP contribution in [0.15, 0.2) is 90.3 Å². The van der Waals surface area contributed by atoms with Crippen LogP contribution in [0.4, 0.5) is 0 Å². The van der Waals surface area contributed by atoms with Crippen molar-refractivity contribution in [3.63, 3.8) is 0 Å². The molecule has 0 radical (unpaired) electrons. The van der Waals surface area contributed by atoms with Crippen molar-refractivity contribution in [2.24, 2.45) is 0 Å². The van der Waals surface area contributed by atoms with Crippen molar-refractivity contribution < 1.29 is 22.1 Å². The Morgan fingerprint density at radius 1 is 0.868 bits per heavy atom. The van der Waals surface area contributed by atoms with Crippen LogP contribution < -0.4 is 9.87 Å². The number of aryl methyl sites for hydroxylation is 4.